The Morgan fingerprint density at radius 1 is 1.20 bits per heavy atom. The number of thioether (sulfide) groups is 1. The fraction of sp³-hybridized carbons (Fsp3) is 0.733. The summed E-state index contributed by atoms with van der Waals surface area (Å²) in [6, 6.07) is 2.60. The molecule has 1 aliphatic carbocycles. The van der Waals surface area contributed by atoms with Gasteiger partial charge in [0, 0.05) is 18.7 Å². The molecule has 1 heterocycles. The summed E-state index contributed by atoms with van der Waals surface area (Å²) in [6.07, 6.45) is 8.25. The van der Waals surface area contributed by atoms with Gasteiger partial charge in [0.25, 0.3) is 0 Å². The lowest BCUT2D eigenvalue weighted by atomic mass is 9.87. The highest BCUT2D eigenvalue weighted by molar-refractivity contribution is 7.98. The van der Waals surface area contributed by atoms with Crippen LogP contribution in [0.2, 0.25) is 0 Å². The van der Waals surface area contributed by atoms with Gasteiger partial charge in [0.2, 0.25) is 0 Å². The molecule has 112 valence electrons. The molecule has 0 saturated heterocycles. The summed E-state index contributed by atoms with van der Waals surface area (Å²) in [5, 5.41) is 7.77. The third kappa shape index (κ3) is 4.54. The van der Waals surface area contributed by atoms with Crippen molar-refractivity contribution in [1.29, 1.82) is 0 Å². The third-order valence-corrected chi connectivity index (χ3v) is 4.36. The molecule has 5 heteroatoms. The molecule has 0 amide bonds. The Bertz CT molecular complexity index is 416. The van der Waals surface area contributed by atoms with E-state index in [9.17, 15) is 0 Å². The molecule has 1 saturated carbocycles. The van der Waals surface area contributed by atoms with Crippen molar-refractivity contribution in [2.45, 2.75) is 57.1 Å². The van der Waals surface area contributed by atoms with Gasteiger partial charge in [0.1, 0.15) is 11.6 Å². The molecule has 0 unspecified atom stereocenters. The number of hydrogen-bond donors (Lipinski definition) is 2. The first-order valence-electron chi connectivity index (χ1n) is 7.64. The van der Waals surface area contributed by atoms with Gasteiger partial charge in [0.05, 0.1) is 0 Å². The van der Waals surface area contributed by atoms with E-state index in [4.69, 9.17) is 0 Å². The van der Waals surface area contributed by atoms with E-state index in [0.29, 0.717) is 6.04 Å². The predicted molar refractivity (Wildman–Crippen MR) is 87.6 cm³/mol. The lowest BCUT2D eigenvalue weighted by molar-refractivity contribution is 0.360. The second-order valence-corrected chi connectivity index (χ2v) is 6.43. The number of rotatable bonds is 6. The van der Waals surface area contributed by atoms with Gasteiger partial charge in [-0.1, -0.05) is 25.6 Å². The topological polar surface area (TPSA) is 49.8 Å². The van der Waals surface area contributed by atoms with Crippen LogP contribution in [0.4, 0.5) is 11.6 Å². The van der Waals surface area contributed by atoms with Gasteiger partial charge >= 0.3 is 0 Å². The Hall–Kier alpha value is -0.970. The van der Waals surface area contributed by atoms with Gasteiger partial charge in [-0.05, 0) is 44.3 Å². The van der Waals surface area contributed by atoms with Crippen LogP contribution in [0.1, 0.15) is 46.0 Å². The summed E-state index contributed by atoms with van der Waals surface area (Å²) in [7, 11) is 0. The molecule has 0 bridgehead atoms. The monoisotopic (exact) mass is 294 g/mol. The molecular weight excluding hydrogens is 268 g/mol. The smallest absolute Gasteiger partial charge is 0.191 e. The predicted octanol–water partition coefficient (Wildman–Crippen LogP) is 4.01. The van der Waals surface area contributed by atoms with E-state index in [2.05, 4.69) is 34.4 Å². The largest absolute Gasteiger partial charge is 0.370 e. The minimum Gasteiger partial charge on any atom is -0.370 e. The average molecular weight is 294 g/mol. The van der Waals surface area contributed by atoms with Crippen LogP contribution in [-0.4, -0.2) is 28.8 Å². The van der Waals surface area contributed by atoms with Crippen molar-refractivity contribution in [3.8, 4) is 0 Å². The molecule has 0 aromatic carbocycles. The number of nitrogens with one attached hydrogen (secondary N) is 2. The molecule has 1 aromatic heterocycles. The number of anilines is 2. The summed E-state index contributed by atoms with van der Waals surface area (Å²) >= 11 is 1.59. The zero-order valence-corrected chi connectivity index (χ0v) is 13.6. The maximum atomic E-state index is 4.57. The molecule has 2 rings (SSSR count). The maximum Gasteiger partial charge on any atom is 0.191 e. The Morgan fingerprint density at radius 3 is 2.55 bits per heavy atom. The molecule has 0 spiro atoms. The van der Waals surface area contributed by atoms with Gasteiger partial charge < -0.3 is 10.6 Å². The highest BCUT2D eigenvalue weighted by atomic mass is 32.2. The van der Waals surface area contributed by atoms with Crippen molar-refractivity contribution in [3.63, 3.8) is 0 Å². The van der Waals surface area contributed by atoms with E-state index >= 15 is 0 Å². The Labute approximate surface area is 126 Å². The number of nitrogens with zero attached hydrogens (tertiary/aromatic N) is 2. The van der Waals surface area contributed by atoms with Crippen molar-refractivity contribution in [2.24, 2.45) is 5.92 Å². The zero-order valence-electron chi connectivity index (χ0n) is 12.8. The van der Waals surface area contributed by atoms with Crippen LogP contribution in [0, 0.1) is 5.92 Å². The average Bonchev–Trinajstić information content (AvgIpc) is 2.47. The van der Waals surface area contributed by atoms with E-state index in [0.717, 1.165) is 35.7 Å². The first-order chi connectivity index (χ1) is 9.71. The lowest BCUT2D eigenvalue weighted by Crippen LogP contribution is -2.25. The fourth-order valence-corrected chi connectivity index (χ4v) is 2.93. The molecule has 1 fully saturated rings. The summed E-state index contributed by atoms with van der Waals surface area (Å²) in [6.45, 7) is 5.46. The summed E-state index contributed by atoms with van der Waals surface area (Å²) in [5.41, 5.74) is 0. The Morgan fingerprint density at radius 2 is 1.90 bits per heavy atom. The Kier molecular flexibility index (Phi) is 5.95. The number of hydrogen-bond acceptors (Lipinski definition) is 5. The van der Waals surface area contributed by atoms with E-state index in [1.165, 1.54) is 25.7 Å². The van der Waals surface area contributed by atoms with Crippen LogP contribution in [0.3, 0.4) is 0 Å². The highest BCUT2D eigenvalue weighted by Gasteiger charge is 2.18. The molecule has 1 aromatic rings. The van der Waals surface area contributed by atoms with Crippen LogP contribution in [0.5, 0.6) is 0 Å². The second kappa shape index (κ2) is 7.72. The molecule has 2 N–H and O–H groups in total. The summed E-state index contributed by atoms with van der Waals surface area (Å²) in [5.74, 6) is 2.77. The zero-order chi connectivity index (χ0) is 14.4. The van der Waals surface area contributed by atoms with Gasteiger partial charge in [0.15, 0.2) is 5.16 Å². The van der Waals surface area contributed by atoms with Gasteiger partial charge in [-0.15, -0.1) is 0 Å². The van der Waals surface area contributed by atoms with Crippen molar-refractivity contribution in [1.82, 2.24) is 9.97 Å². The summed E-state index contributed by atoms with van der Waals surface area (Å²) < 4.78 is 0. The molecule has 0 aliphatic heterocycles. The second-order valence-electron chi connectivity index (χ2n) is 5.65. The van der Waals surface area contributed by atoms with Crippen molar-refractivity contribution >= 4 is 23.4 Å². The SMILES string of the molecule is CCCNc1cc(NC2CCC(C)CC2)nc(SC)n1. The van der Waals surface area contributed by atoms with Gasteiger partial charge in [-0.3, -0.25) is 0 Å². The van der Waals surface area contributed by atoms with E-state index in [1.807, 2.05) is 12.3 Å². The standard InChI is InChI=1S/C15H26N4S/c1-4-9-16-13-10-14(19-15(18-13)20-3)17-12-7-5-11(2)6-8-12/h10-12H,4-9H2,1-3H3,(H2,16,17,18,19). The van der Waals surface area contributed by atoms with Crippen molar-refractivity contribution in [2.75, 3.05) is 23.4 Å². The highest BCUT2D eigenvalue weighted by Crippen LogP contribution is 2.26. The molecule has 20 heavy (non-hydrogen) atoms. The van der Waals surface area contributed by atoms with E-state index < -0.39 is 0 Å². The minimum absolute atomic E-state index is 0.565. The minimum atomic E-state index is 0.565. The van der Waals surface area contributed by atoms with Crippen LogP contribution < -0.4 is 10.6 Å². The number of aromatic nitrogens is 2. The normalized spacial score (nSPS) is 22.6. The molecule has 0 radical (unpaired) electrons. The molecule has 4 nitrogen and oxygen atoms in total. The quantitative estimate of drug-likeness (QED) is 0.613. The van der Waals surface area contributed by atoms with Crippen LogP contribution in [-0.2, 0) is 0 Å². The first-order valence-corrected chi connectivity index (χ1v) is 8.87. The first kappa shape index (κ1) is 15.4. The fourth-order valence-electron chi connectivity index (χ4n) is 2.55. The molecule has 1 aliphatic rings. The van der Waals surface area contributed by atoms with Crippen LogP contribution >= 0.6 is 11.8 Å². The van der Waals surface area contributed by atoms with Crippen molar-refractivity contribution in [3.05, 3.63) is 6.07 Å². The van der Waals surface area contributed by atoms with Crippen LogP contribution in [0.25, 0.3) is 0 Å². The maximum absolute atomic E-state index is 4.57. The Balaban J connectivity index is 2.02. The summed E-state index contributed by atoms with van der Waals surface area (Å²) in [4.78, 5) is 9.07. The lowest BCUT2D eigenvalue weighted by Gasteiger charge is -2.27. The van der Waals surface area contributed by atoms with Crippen molar-refractivity contribution < 1.29 is 0 Å². The molecular formula is C15H26N4S. The van der Waals surface area contributed by atoms with Crippen LogP contribution in [0.15, 0.2) is 11.2 Å². The molecule has 0 atom stereocenters. The van der Waals surface area contributed by atoms with E-state index in [1.54, 1.807) is 11.8 Å². The third-order valence-electron chi connectivity index (χ3n) is 3.81. The van der Waals surface area contributed by atoms with Gasteiger partial charge in [-0.2, -0.15) is 0 Å². The van der Waals surface area contributed by atoms with E-state index in [-0.39, 0.29) is 0 Å². The van der Waals surface area contributed by atoms with Gasteiger partial charge in [-0.25, -0.2) is 9.97 Å².